The molecule has 2 N–H and O–H groups in total. The van der Waals surface area contributed by atoms with Crippen LogP contribution in [0.4, 0.5) is 5.69 Å². The highest BCUT2D eigenvalue weighted by atomic mass is 16.5. The molecule has 4 aromatic rings. The van der Waals surface area contributed by atoms with Crippen molar-refractivity contribution in [2.75, 3.05) is 11.9 Å². The Morgan fingerprint density at radius 3 is 2.54 bits per heavy atom. The van der Waals surface area contributed by atoms with Crippen LogP contribution in [0.25, 0.3) is 22.0 Å². The molecule has 1 aromatic heterocycles. The molecule has 0 unspecified atom stereocenters. The maximum Gasteiger partial charge on any atom is 0.262 e. The van der Waals surface area contributed by atoms with Crippen LogP contribution in [-0.2, 0) is 4.79 Å². The Kier molecular flexibility index (Phi) is 4.35. The van der Waals surface area contributed by atoms with E-state index in [1.807, 2.05) is 72.8 Å². The van der Waals surface area contributed by atoms with E-state index in [4.69, 9.17) is 4.74 Å². The number of nitrogens with one attached hydrogen (secondary N) is 2. The molecule has 128 valence electrons. The van der Waals surface area contributed by atoms with Crippen molar-refractivity contribution in [3.05, 3.63) is 79.0 Å². The van der Waals surface area contributed by atoms with Gasteiger partial charge in [0.25, 0.3) is 5.91 Å². The number of H-pyrrole nitrogens is 1. The van der Waals surface area contributed by atoms with E-state index >= 15 is 0 Å². The van der Waals surface area contributed by atoms with Crippen molar-refractivity contribution in [3.8, 4) is 17.0 Å². The van der Waals surface area contributed by atoms with Crippen LogP contribution in [0.1, 0.15) is 0 Å². The van der Waals surface area contributed by atoms with Crippen molar-refractivity contribution >= 4 is 22.4 Å². The molecule has 4 rings (SSSR count). The lowest BCUT2D eigenvalue weighted by Crippen LogP contribution is -2.20. The van der Waals surface area contributed by atoms with Crippen molar-refractivity contribution in [2.24, 2.45) is 0 Å². The van der Waals surface area contributed by atoms with Gasteiger partial charge in [0.1, 0.15) is 5.75 Å². The van der Waals surface area contributed by atoms with Gasteiger partial charge in [0.2, 0.25) is 0 Å². The Bertz CT molecular complexity index is 1020. The second kappa shape index (κ2) is 7.11. The van der Waals surface area contributed by atoms with Gasteiger partial charge in [0.15, 0.2) is 6.61 Å². The summed E-state index contributed by atoms with van der Waals surface area (Å²) in [6, 6.07) is 23.3. The Balaban J connectivity index is 1.36. The third-order valence-electron chi connectivity index (χ3n) is 4.07. The number of aromatic nitrogens is 2. The zero-order chi connectivity index (χ0) is 17.8. The molecule has 1 heterocycles. The summed E-state index contributed by atoms with van der Waals surface area (Å²) < 4.78 is 5.61. The van der Waals surface area contributed by atoms with Crippen LogP contribution in [0.15, 0.2) is 79.0 Å². The largest absolute Gasteiger partial charge is 0.484 e. The Labute approximate surface area is 150 Å². The van der Waals surface area contributed by atoms with Crippen LogP contribution >= 0.6 is 0 Å². The van der Waals surface area contributed by atoms with E-state index in [2.05, 4.69) is 15.5 Å². The Hall–Kier alpha value is -3.60. The summed E-state index contributed by atoms with van der Waals surface area (Å²) in [5.41, 5.74) is 2.66. The molecule has 0 aliphatic carbocycles. The van der Waals surface area contributed by atoms with Gasteiger partial charge in [-0.1, -0.05) is 42.5 Å². The van der Waals surface area contributed by atoms with Gasteiger partial charge in [0, 0.05) is 11.9 Å². The van der Waals surface area contributed by atoms with Crippen LogP contribution in [0, 0.1) is 0 Å². The first-order valence-electron chi connectivity index (χ1n) is 8.29. The van der Waals surface area contributed by atoms with Crippen molar-refractivity contribution < 1.29 is 9.53 Å². The Morgan fingerprint density at radius 2 is 1.77 bits per heavy atom. The molecule has 3 aromatic carbocycles. The van der Waals surface area contributed by atoms with Crippen molar-refractivity contribution in [1.82, 2.24) is 10.2 Å². The molecule has 0 atom stereocenters. The average molecular weight is 343 g/mol. The molecular formula is C21H17N3O2. The lowest BCUT2D eigenvalue weighted by molar-refractivity contribution is -0.118. The van der Waals surface area contributed by atoms with Crippen LogP contribution in [0.3, 0.4) is 0 Å². The van der Waals surface area contributed by atoms with Gasteiger partial charge >= 0.3 is 0 Å². The summed E-state index contributed by atoms with van der Waals surface area (Å²) in [7, 11) is 0. The molecule has 0 aliphatic rings. The van der Waals surface area contributed by atoms with E-state index in [9.17, 15) is 4.79 Å². The zero-order valence-corrected chi connectivity index (χ0v) is 14.0. The lowest BCUT2D eigenvalue weighted by atomic mass is 10.1. The standard InChI is InChI=1S/C21H17N3O2/c25-21(14-26-19-10-7-15-3-1-2-4-17(15)13-19)23-18-8-5-16(6-9-18)20-11-12-22-24-20/h1-13H,14H2,(H,22,24)(H,23,25). The second-order valence-electron chi connectivity index (χ2n) is 5.89. The topological polar surface area (TPSA) is 67.0 Å². The summed E-state index contributed by atoms with van der Waals surface area (Å²) >= 11 is 0. The van der Waals surface area contributed by atoms with E-state index < -0.39 is 0 Å². The summed E-state index contributed by atoms with van der Waals surface area (Å²) in [6.45, 7) is -0.0410. The summed E-state index contributed by atoms with van der Waals surface area (Å²) in [4.78, 5) is 12.1. The number of carbonyl (C=O) groups excluding carboxylic acids is 1. The van der Waals surface area contributed by atoms with Gasteiger partial charge in [-0.25, -0.2) is 0 Å². The molecule has 26 heavy (non-hydrogen) atoms. The number of rotatable bonds is 5. The maximum atomic E-state index is 12.1. The molecule has 0 spiro atoms. The maximum absolute atomic E-state index is 12.1. The molecule has 0 aliphatic heterocycles. The molecule has 1 amide bonds. The number of aromatic amines is 1. The highest BCUT2D eigenvalue weighted by Crippen LogP contribution is 2.21. The summed E-state index contributed by atoms with van der Waals surface area (Å²) in [5.74, 6) is 0.473. The number of fused-ring (bicyclic) bond motifs is 1. The number of carbonyl (C=O) groups is 1. The molecule has 5 heteroatoms. The zero-order valence-electron chi connectivity index (χ0n) is 14.0. The monoisotopic (exact) mass is 343 g/mol. The molecule has 0 radical (unpaired) electrons. The predicted molar refractivity (Wildman–Crippen MR) is 102 cm³/mol. The van der Waals surface area contributed by atoms with Crippen LogP contribution < -0.4 is 10.1 Å². The van der Waals surface area contributed by atoms with Gasteiger partial charge in [-0.15, -0.1) is 0 Å². The fourth-order valence-corrected chi connectivity index (χ4v) is 2.75. The fourth-order valence-electron chi connectivity index (χ4n) is 2.75. The summed E-state index contributed by atoms with van der Waals surface area (Å²) in [6.07, 6.45) is 1.70. The van der Waals surface area contributed by atoms with E-state index in [1.165, 1.54) is 0 Å². The van der Waals surface area contributed by atoms with Gasteiger partial charge in [-0.3, -0.25) is 9.89 Å². The lowest BCUT2D eigenvalue weighted by Gasteiger charge is -2.09. The number of ether oxygens (including phenoxy) is 1. The van der Waals surface area contributed by atoms with Crippen molar-refractivity contribution in [2.45, 2.75) is 0 Å². The minimum Gasteiger partial charge on any atom is -0.484 e. The highest BCUT2D eigenvalue weighted by Gasteiger charge is 2.05. The number of hydrogen-bond donors (Lipinski definition) is 2. The van der Waals surface area contributed by atoms with Gasteiger partial charge in [-0.05, 0) is 46.7 Å². The quantitative estimate of drug-likeness (QED) is 0.569. The van der Waals surface area contributed by atoms with Crippen molar-refractivity contribution in [1.29, 1.82) is 0 Å². The molecule has 0 saturated carbocycles. The smallest absolute Gasteiger partial charge is 0.262 e. The second-order valence-corrected chi connectivity index (χ2v) is 5.89. The molecular weight excluding hydrogens is 326 g/mol. The third kappa shape index (κ3) is 3.57. The summed E-state index contributed by atoms with van der Waals surface area (Å²) in [5, 5.41) is 11.9. The minimum absolute atomic E-state index is 0.0410. The van der Waals surface area contributed by atoms with Crippen LogP contribution in [0.2, 0.25) is 0 Å². The molecule has 0 bridgehead atoms. The number of nitrogens with zero attached hydrogens (tertiary/aromatic N) is 1. The average Bonchev–Trinajstić information content (AvgIpc) is 3.22. The SMILES string of the molecule is O=C(COc1ccc2ccccc2c1)Nc1ccc(-c2ccn[nH]2)cc1. The first kappa shape index (κ1) is 15.9. The normalized spacial score (nSPS) is 10.6. The van der Waals surface area contributed by atoms with E-state index in [1.54, 1.807) is 6.20 Å². The molecule has 0 fully saturated rings. The van der Waals surface area contributed by atoms with Crippen LogP contribution in [-0.4, -0.2) is 22.7 Å². The van der Waals surface area contributed by atoms with Gasteiger partial charge < -0.3 is 10.1 Å². The first-order valence-corrected chi connectivity index (χ1v) is 8.29. The molecule has 0 saturated heterocycles. The fraction of sp³-hybridized carbons (Fsp3) is 0.0476. The minimum atomic E-state index is -0.201. The number of benzene rings is 3. The van der Waals surface area contributed by atoms with E-state index in [-0.39, 0.29) is 12.5 Å². The van der Waals surface area contributed by atoms with Crippen molar-refractivity contribution in [3.63, 3.8) is 0 Å². The third-order valence-corrected chi connectivity index (χ3v) is 4.07. The Morgan fingerprint density at radius 1 is 0.962 bits per heavy atom. The number of hydrogen-bond acceptors (Lipinski definition) is 3. The number of anilines is 1. The van der Waals surface area contributed by atoms with Crippen LogP contribution in [0.5, 0.6) is 5.75 Å². The van der Waals surface area contributed by atoms with E-state index in [0.29, 0.717) is 5.75 Å². The van der Waals surface area contributed by atoms with Gasteiger partial charge in [-0.2, -0.15) is 5.10 Å². The number of amides is 1. The first-order chi connectivity index (χ1) is 12.8. The highest BCUT2D eigenvalue weighted by molar-refractivity contribution is 5.92. The molecule has 5 nitrogen and oxygen atoms in total. The van der Waals surface area contributed by atoms with Gasteiger partial charge in [0.05, 0.1) is 5.69 Å². The van der Waals surface area contributed by atoms with E-state index in [0.717, 1.165) is 27.7 Å². The predicted octanol–water partition coefficient (Wildman–Crippen LogP) is 4.25.